The summed E-state index contributed by atoms with van der Waals surface area (Å²) in [6.45, 7) is 0.301. The smallest absolute Gasteiger partial charge is 0.332 e. The first-order valence-corrected chi connectivity index (χ1v) is 6.94. The average molecular weight is 294 g/mol. The summed E-state index contributed by atoms with van der Waals surface area (Å²) in [6, 6.07) is 7.25. The van der Waals surface area contributed by atoms with Crippen LogP contribution in [-0.2, 0) is 16.1 Å². The Balaban J connectivity index is 2.08. The standard InChI is InChI=1S/C15H16ClNO3/c16-13-8-4-1-5-10(13)9-17-14(18)11-6-2-3-7-12(11)15(19)20/h1,4-5,8H,2-3,6-7,9H2,(H,17,18)(H,19,20). The first-order chi connectivity index (χ1) is 9.59. The number of amides is 1. The fraction of sp³-hybridized carbons (Fsp3) is 0.333. The van der Waals surface area contributed by atoms with Crippen LogP contribution in [-0.4, -0.2) is 17.0 Å². The maximum absolute atomic E-state index is 12.1. The lowest BCUT2D eigenvalue weighted by Gasteiger charge is -2.17. The number of rotatable bonds is 4. The molecule has 0 unspecified atom stereocenters. The molecule has 1 aliphatic carbocycles. The van der Waals surface area contributed by atoms with Gasteiger partial charge in [-0.3, -0.25) is 4.79 Å². The van der Waals surface area contributed by atoms with Crippen LogP contribution < -0.4 is 5.32 Å². The van der Waals surface area contributed by atoms with Gasteiger partial charge in [0.15, 0.2) is 0 Å². The molecule has 0 saturated heterocycles. The van der Waals surface area contributed by atoms with Gasteiger partial charge in [-0.05, 0) is 37.3 Å². The Kier molecular flexibility index (Phi) is 4.79. The number of halogens is 1. The van der Waals surface area contributed by atoms with E-state index >= 15 is 0 Å². The Hall–Kier alpha value is -1.81. The van der Waals surface area contributed by atoms with E-state index in [1.54, 1.807) is 6.07 Å². The molecule has 20 heavy (non-hydrogen) atoms. The van der Waals surface area contributed by atoms with Crippen molar-refractivity contribution in [1.29, 1.82) is 0 Å². The van der Waals surface area contributed by atoms with Crippen molar-refractivity contribution in [1.82, 2.24) is 5.32 Å². The highest BCUT2D eigenvalue weighted by Gasteiger charge is 2.23. The zero-order valence-electron chi connectivity index (χ0n) is 11.0. The Labute approximate surface area is 122 Å². The first-order valence-electron chi connectivity index (χ1n) is 6.56. The van der Waals surface area contributed by atoms with Crippen LogP contribution in [0.4, 0.5) is 0 Å². The van der Waals surface area contributed by atoms with E-state index in [-0.39, 0.29) is 11.5 Å². The van der Waals surface area contributed by atoms with Crippen LogP contribution in [0.2, 0.25) is 5.02 Å². The van der Waals surface area contributed by atoms with E-state index in [0.717, 1.165) is 18.4 Å². The molecule has 1 amide bonds. The summed E-state index contributed by atoms with van der Waals surface area (Å²) in [5, 5.41) is 12.5. The van der Waals surface area contributed by atoms with Crippen molar-refractivity contribution in [2.45, 2.75) is 32.2 Å². The maximum atomic E-state index is 12.1. The highest BCUT2D eigenvalue weighted by molar-refractivity contribution is 6.31. The molecular weight excluding hydrogens is 278 g/mol. The fourth-order valence-corrected chi connectivity index (χ4v) is 2.52. The highest BCUT2D eigenvalue weighted by Crippen LogP contribution is 2.25. The maximum Gasteiger partial charge on any atom is 0.332 e. The summed E-state index contributed by atoms with van der Waals surface area (Å²) < 4.78 is 0. The summed E-state index contributed by atoms with van der Waals surface area (Å²) >= 11 is 6.02. The van der Waals surface area contributed by atoms with Gasteiger partial charge in [-0.25, -0.2) is 4.79 Å². The molecule has 2 N–H and O–H groups in total. The Bertz CT molecular complexity index is 566. The SMILES string of the molecule is O=C(O)C1=C(C(=O)NCc2ccccc2Cl)CCCC1. The van der Waals surface area contributed by atoms with Crippen molar-refractivity contribution < 1.29 is 14.7 Å². The van der Waals surface area contributed by atoms with Gasteiger partial charge in [0.25, 0.3) is 0 Å². The summed E-state index contributed by atoms with van der Waals surface area (Å²) in [5.41, 5.74) is 1.46. The third-order valence-electron chi connectivity index (χ3n) is 3.40. The van der Waals surface area contributed by atoms with Gasteiger partial charge in [0.05, 0.1) is 0 Å². The van der Waals surface area contributed by atoms with E-state index in [1.807, 2.05) is 18.2 Å². The van der Waals surface area contributed by atoms with E-state index in [1.165, 1.54) is 0 Å². The highest BCUT2D eigenvalue weighted by atomic mass is 35.5. The molecule has 1 aromatic carbocycles. The lowest BCUT2D eigenvalue weighted by molar-refractivity contribution is -0.133. The van der Waals surface area contributed by atoms with Crippen molar-refractivity contribution in [3.63, 3.8) is 0 Å². The van der Waals surface area contributed by atoms with Crippen LogP contribution >= 0.6 is 11.6 Å². The number of carboxylic acid groups (broad SMARTS) is 1. The Morgan fingerprint density at radius 1 is 1.15 bits per heavy atom. The van der Waals surface area contributed by atoms with E-state index in [0.29, 0.717) is 30.0 Å². The van der Waals surface area contributed by atoms with Crippen molar-refractivity contribution in [2.75, 3.05) is 0 Å². The van der Waals surface area contributed by atoms with Gasteiger partial charge in [-0.1, -0.05) is 29.8 Å². The largest absolute Gasteiger partial charge is 0.478 e. The molecule has 5 heteroatoms. The number of aliphatic carboxylic acids is 1. The van der Waals surface area contributed by atoms with Gasteiger partial charge in [-0.2, -0.15) is 0 Å². The number of carboxylic acids is 1. The van der Waals surface area contributed by atoms with Crippen molar-refractivity contribution >= 4 is 23.5 Å². The van der Waals surface area contributed by atoms with E-state index < -0.39 is 5.97 Å². The van der Waals surface area contributed by atoms with Crippen LogP contribution in [0.25, 0.3) is 0 Å². The molecule has 0 saturated carbocycles. The van der Waals surface area contributed by atoms with Gasteiger partial charge < -0.3 is 10.4 Å². The van der Waals surface area contributed by atoms with E-state index in [4.69, 9.17) is 16.7 Å². The predicted molar refractivity (Wildman–Crippen MR) is 76.4 cm³/mol. The molecule has 2 rings (SSSR count). The summed E-state index contributed by atoms with van der Waals surface area (Å²) in [4.78, 5) is 23.3. The summed E-state index contributed by atoms with van der Waals surface area (Å²) in [6.07, 6.45) is 2.66. The number of nitrogens with one attached hydrogen (secondary N) is 1. The zero-order valence-corrected chi connectivity index (χ0v) is 11.7. The monoisotopic (exact) mass is 293 g/mol. The molecule has 0 aromatic heterocycles. The van der Waals surface area contributed by atoms with Gasteiger partial charge in [-0.15, -0.1) is 0 Å². The molecule has 1 aromatic rings. The number of benzene rings is 1. The molecule has 0 heterocycles. The van der Waals surface area contributed by atoms with E-state index in [2.05, 4.69) is 5.32 Å². The Morgan fingerprint density at radius 3 is 2.45 bits per heavy atom. The van der Waals surface area contributed by atoms with Crippen LogP contribution in [0.15, 0.2) is 35.4 Å². The molecule has 1 aliphatic rings. The lowest BCUT2D eigenvalue weighted by atomic mass is 9.91. The van der Waals surface area contributed by atoms with Crippen LogP contribution in [0.5, 0.6) is 0 Å². The normalized spacial score (nSPS) is 15.1. The second kappa shape index (κ2) is 6.57. The van der Waals surface area contributed by atoms with Crippen LogP contribution in [0, 0.1) is 0 Å². The molecule has 0 bridgehead atoms. The second-order valence-corrected chi connectivity index (χ2v) is 5.15. The van der Waals surface area contributed by atoms with Gasteiger partial charge in [0, 0.05) is 22.7 Å². The second-order valence-electron chi connectivity index (χ2n) is 4.74. The number of carbonyl (C=O) groups is 2. The summed E-state index contributed by atoms with van der Waals surface area (Å²) in [7, 11) is 0. The van der Waals surface area contributed by atoms with Crippen LogP contribution in [0.1, 0.15) is 31.2 Å². The third kappa shape index (κ3) is 3.39. The molecule has 0 spiro atoms. The summed E-state index contributed by atoms with van der Waals surface area (Å²) in [5.74, 6) is -1.30. The quantitative estimate of drug-likeness (QED) is 0.897. The zero-order chi connectivity index (χ0) is 14.5. The van der Waals surface area contributed by atoms with Crippen molar-refractivity contribution in [3.05, 3.63) is 46.0 Å². The minimum atomic E-state index is -0.993. The molecule has 0 fully saturated rings. The van der Waals surface area contributed by atoms with Gasteiger partial charge in [0.1, 0.15) is 0 Å². The van der Waals surface area contributed by atoms with Crippen molar-refractivity contribution in [2.24, 2.45) is 0 Å². The average Bonchev–Trinajstić information content (AvgIpc) is 2.46. The van der Waals surface area contributed by atoms with Gasteiger partial charge >= 0.3 is 5.97 Å². The van der Waals surface area contributed by atoms with Gasteiger partial charge in [0.2, 0.25) is 5.91 Å². The fourth-order valence-electron chi connectivity index (χ4n) is 2.32. The molecule has 0 radical (unpaired) electrons. The lowest BCUT2D eigenvalue weighted by Crippen LogP contribution is -2.28. The third-order valence-corrected chi connectivity index (χ3v) is 3.77. The van der Waals surface area contributed by atoms with Crippen LogP contribution in [0.3, 0.4) is 0 Å². The Morgan fingerprint density at radius 2 is 1.80 bits per heavy atom. The van der Waals surface area contributed by atoms with Crippen molar-refractivity contribution in [3.8, 4) is 0 Å². The predicted octanol–water partition coefficient (Wildman–Crippen LogP) is 2.91. The molecule has 106 valence electrons. The number of hydrogen-bond acceptors (Lipinski definition) is 2. The minimum Gasteiger partial charge on any atom is -0.478 e. The minimum absolute atomic E-state index is 0.243. The number of carbonyl (C=O) groups excluding carboxylic acids is 1. The molecule has 4 nitrogen and oxygen atoms in total. The number of hydrogen-bond donors (Lipinski definition) is 2. The molecular formula is C15H16ClNO3. The first kappa shape index (κ1) is 14.6. The molecule has 0 atom stereocenters. The molecule has 0 aliphatic heterocycles. The topological polar surface area (TPSA) is 66.4 Å². The van der Waals surface area contributed by atoms with E-state index in [9.17, 15) is 9.59 Å².